The Morgan fingerprint density at radius 1 is 1.33 bits per heavy atom. The molecular formula is C11H16N2O2. The molecule has 0 aliphatic rings. The van der Waals surface area contributed by atoms with Crippen LogP contribution in [-0.4, -0.2) is 4.92 Å². The molecule has 0 saturated heterocycles. The molecule has 0 bridgehead atoms. The number of hydrogen-bond acceptors (Lipinski definition) is 3. The lowest BCUT2D eigenvalue weighted by Gasteiger charge is -2.08. The summed E-state index contributed by atoms with van der Waals surface area (Å²) < 4.78 is 0. The molecule has 0 spiro atoms. The first-order valence-electron chi connectivity index (χ1n) is 5.15. The van der Waals surface area contributed by atoms with Crippen LogP contribution < -0.4 is 5.73 Å². The number of nitrogens with zero attached hydrogens (tertiary/aromatic N) is 1. The summed E-state index contributed by atoms with van der Waals surface area (Å²) in [5, 5.41) is 10.7. The molecule has 0 heterocycles. The maximum atomic E-state index is 10.7. The number of nitrogen functional groups attached to an aromatic ring is 1. The summed E-state index contributed by atoms with van der Waals surface area (Å²) in [4.78, 5) is 10.3. The second-order valence-corrected chi connectivity index (χ2v) is 3.54. The van der Waals surface area contributed by atoms with Gasteiger partial charge in [-0.3, -0.25) is 10.1 Å². The summed E-state index contributed by atoms with van der Waals surface area (Å²) in [6, 6.07) is 3.33. The monoisotopic (exact) mass is 208 g/mol. The fourth-order valence-corrected chi connectivity index (χ4v) is 1.68. The molecule has 2 N–H and O–H groups in total. The Labute approximate surface area is 89.2 Å². The van der Waals surface area contributed by atoms with Crippen LogP contribution >= 0.6 is 0 Å². The fourth-order valence-electron chi connectivity index (χ4n) is 1.68. The number of nitro benzene ring substituents is 1. The predicted molar refractivity (Wildman–Crippen MR) is 60.9 cm³/mol. The van der Waals surface area contributed by atoms with E-state index in [9.17, 15) is 10.1 Å². The van der Waals surface area contributed by atoms with Gasteiger partial charge in [0.25, 0.3) is 5.69 Å². The van der Waals surface area contributed by atoms with Gasteiger partial charge in [-0.2, -0.15) is 0 Å². The summed E-state index contributed by atoms with van der Waals surface area (Å²) >= 11 is 0. The Morgan fingerprint density at radius 3 is 2.47 bits per heavy atom. The lowest BCUT2D eigenvalue weighted by molar-refractivity contribution is -0.384. The van der Waals surface area contributed by atoms with Gasteiger partial charge in [-0.15, -0.1) is 0 Å². The Balaban J connectivity index is 3.22. The van der Waals surface area contributed by atoms with Gasteiger partial charge in [0.1, 0.15) is 5.69 Å². The van der Waals surface area contributed by atoms with Gasteiger partial charge in [-0.25, -0.2) is 0 Å². The van der Waals surface area contributed by atoms with Crippen LogP contribution in [-0.2, 0) is 12.8 Å². The van der Waals surface area contributed by atoms with Gasteiger partial charge in [0, 0.05) is 6.07 Å². The second kappa shape index (κ2) is 4.77. The molecule has 0 atom stereocenters. The lowest BCUT2D eigenvalue weighted by atomic mass is 9.99. The summed E-state index contributed by atoms with van der Waals surface area (Å²) in [5.41, 5.74) is 8.07. The zero-order chi connectivity index (χ0) is 11.4. The van der Waals surface area contributed by atoms with E-state index < -0.39 is 4.92 Å². The molecule has 15 heavy (non-hydrogen) atoms. The Bertz CT molecular complexity index is 375. The van der Waals surface area contributed by atoms with Crippen molar-refractivity contribution in [2.75, 3.05) is 5.73 Å². The van der Waals surface area contributed by atoms with E-state index in [1.165, 1.54) is 0 Å². The average Bonchev–Trinajstić information content (AvgIpc) is 2.18. The molecule has 0 radical (unpaired) electrons. The number of rotatable bonds is 4. The van der Waals surface area contributed by atoms with E-state index in [1.54, 1.807) is 12.1 Å². The third-order valence-electron chi connectivity index (χ3n) is 2.45. The highest BCUT2D eigenvalue weighted by Crippen LogP contribution is 2.26. The van der Waals surface area contributed by atoms with Gasteiger partial charge in [0.05, 0.1) is 4.92 Å². The van der Waals surface area contributed by atoms with Crippen molar-refractivity contribution in [2.45, 2.75) is 33.1 Å². The molecule has 82 valence electrons. The van der Waals surface area contributed by atoms with Gasteiger partial charge in [-0.05, 0) is 30.0 Å². The molecule has 0 aliphatic heterocycles. The van der Waals surface area contributed by atoms with Crippen LogP contribution in [0, 0.1) is 10.1 Å². The summed E-state index contributed by atoms with van der Waals surface area (Å²) in [7, 11) is 0. The molecule has 1 rings (SSSR count). The van der Waals surface area contributed by atoms with E-state index in [-0.39, 0.29) is 11.4 Å². The molecule has 0 fully saturated rings. The van der Waals surface area contributed by atoms with E-state index in [2.05, 4.69) is 6.92 Å². The van der Waals surface area contributed by atoms with Crippen molar-refractivity contribution in [3.8, 4) is 0 Å². The van der Waals surface area contributed by atoms with Crippen LogP contribution in [0.4, 0.5) is 11.4 Å². The smallest absolute Gasteiger partial charge is 0.292 e. The Kier molecular flexibility index (Phi) is 3.66. The summed E-state index contributed by atoms with van der Waals surface area (Å²) in [6.07, 6.45) is 2.74. The van der Waals surface area contributed by atoms with Crippen LogP contribution in [0.3, 0.4) is 0 Å². The fraction of sp³-hybridized carbons (Fsp3) is 0.455. The standard InChI is InChI=1S/C11H16N2O2/c1-3-5-9-6-10(12)11(13(14)15)7-8(9)4-2/h6-7H,3-5,12H2,1-2H3. The number of benzene rings is 1. The zero-order valence-corrected chi connectivity index (χ0v) is 9.12. The molecule has 4 nitrogen and oxygen atoms in total. The number of nitro groups is 1. The summed E-state index contributed by atoms with van der Waals surface area (Å²) in [6.45, 7) is 4.07. The average molecular weight is 208 g/mol. The molecule has 4 heteroatoms. The first kappa shape index (κ1) is 11.5. The molecule has 0 aliphatic carbocycles. The number of nitrogens with two attached hydrogens (primary N) is 1. The first-order valence-corrected chi connectivity index (χ1v) is 5.15. The van der Waals surface area contributed by atoms with Crippen LogP contribution in [0.25, 0.3) is 0 Å². The van der Waals surface area contributed by atoms with Crippen LogP contribution in [0.15, 0.2) is 12.1 Å². The molecule has 0 unspecified atom stereocenters. The SMILES string of the molecule is CCCc1cc(N)c([N+](=O)[O-])cc1CC. The highest BCUT2D eigenvalue weighted by molar-refractivity contribution is 5.61. The minimum Gasteiger partial charge on any atom is -0.393 e. The highest BCUT2D eigenvalue weighted by atomic mass is 16.6. The third kappa shape index (κ3) is 2.46. The largest absolute Gasteiger partial charge is 0.393 e. The molecule has 1 aromatic carbocycles. The highest BCUT2D eigenvalue weighted by Gasteiger charge is 2.14. The van der Waals surface area contributed by atoms with E-state index in [4.69, 9.17) is 5.73 Å². The quantitative estimate of drug-likeness (QED) is 0.470. The van der Waals surface area contributed by atoms with E-state index in [1.807, 2.05) is 6.92 Å². The lowest BCUT2D eigenvalue weighted by Crippen LogP contribution is -2.01. The van der Waals surface area contributed by atoms with Crippen molar-refractivity contribution in [1.82, 2.24) is 0 Å². The van der Waals surface area contributed by atoms with Gasteiger partial charge in [0.2, 0.25) is 0 Å². The van der Waals surface area contributed by atoms with Crippen LogP contribution in [0.1, 0.15) is 31.4 Å². The van der Waals surface area contributed by atoms with Gasteiger partial charge < -0.3 is 5.73 Å². The van der Waals surface area contributed by atoms with Gasteiger partial charge in [-0.1, -0.05) is 20.3 Å². The van der Waals surface area contributed by atoms with Gasteiger partial charge in [0.15, 0.2) is 0 Å². The maximum Gasteiger partial charge on any atom is 0.292 e. The minimum absolute atomic E-state index is 0.0201. The maximum absolute atomic E-state index is 10.7. The predicted octanol–water partition coefficient (Wildman–Crippen LogP) is 2.69. The topological polar surface area (TPSA) is 69.2 Å². The zero-order valence-electron chi connectivity index (χ0n) is 9.12. The van der Waals surface area contributed by atoms with E-state index >= 15 is 0 Å². The summed E-state index contributed by atoms with van der Waals surface area (Å²) in [5.74, 6) is 0. The van der Waals surface area contributed by atoms with Crippen LogP contribution in [0.5, 0.6) is 0 Å². The van der Waals surface area contributed by atoms with E-state index in [0.717, 1.165) is 30.4 Å². The Hall–Kier alpha value is -1.58. The van der Waals surface area contributed by atoms with Crippen molar-refractivity contribution in [3.63, 3.8) is 0 Å². The minimum atomic E-state index is -0.426. The second-order valence-electron chi connectivity index (χ2n) is 3.54. The number of hydrogen-bond donors (Lipinski definition) is 1. The van der Waals surface area contributed by atoms with Crippen molar-refractivity contribution in [3.05, 3.63) is 33.4 Å². The van der Waals surface area contributed by atoms with Crippen LogP contribution in [0.2, 0.25) is 0 Å². The third-order valence-corrected chi connectivity index (χ3v) is 2.45. The van der Waals surface area contributed by atoms with Crippen molar-refractivity contribution in [1.29, 1.82) is 0 Å². The number of aryl methyl sites for hydroxylation is 2. The van der Waals surface area contributed by atoms with Crippen molar-refractivity contribution < 1.29 is 4.92 Å². The number of anilines is 1. The first-order chi connectivity index (χ1) is 7.10. The molecule has 0 aromatic heterocycles. The van der Waals surface area contributed by atoms with E-state index in [0.29, 0.717) is 0 Å². The van der Waals surface area contributed by atoms with Crippen molar-refractivity contribution >= 4 is 11.4 Å². The molecule has 0 saturated carbocycles. The van der Waals surface area contributed by atoms with Crippen molar-refractivity contribution in [2.24, 2.45) is 0 Å². The molecule has 0 amide bonds. The Morgan fingerprint density at radius 2 is 2.00 bits per heavy atom. The van der Waals surface area contributed by atoms with Gasteiger partial charge >= 0.3 is 0 Å². The molecular weight excluding hydrogens is 192 g/mol. The molecule has 1 aromatic rings. The normalized spacial score (nSPS) is 10.3.